The van der Waals surface area contributed by atoms with E-state index in [1.807, 2.05) is 6.08 Å². The van der Waals surface area contributed by atoms with Crippen molar-refractivity contribution in [1.82, 2.24) is 0 Å². The average molecular weight is 481 g/mol. The molecule has 0 N–H and O–H groups in total. The number of hydrogen-bond acceptors (Lipinski definition) is 0. The molecule has 0 amide bonds. The topological polar surface area (TPSA) is 0 Å². The lowest BCUT2D eigenvalue weighted by molar-refractivity contribution is 0.568. The lowest BCUT2D eigenvalue weighted by Gasteiger charge is -2.28. The van der Waals surface area contributed by atoms with Crippen molar-refractivity contribution in [2.24, 2.45) is 0 Å². The molecule has 3 rings (SSSR count). The van der Waals surface area contributed by atoms with Gasteiger partial charge in [-0.15, -0.1) is 0 Å². The summed E-state index contributed by atoms with van der Waals surface area (Å²) in [7, 11) is 0. The van der Waals surface area contributed by atoms with Gasteiger partial charge in [-0.3, -0.25) is 0 Å². The predicted molar refractivity (Wildman–Crippen MR) is 162 cm³/mol. The van der Waals surface area contributed by atoms with E-state index in [4.69, 9.17) is 0 Å². The zero-order valence-corrected chi connectivity index (χ0v) is 25.0. The zero-order chi connectivity index (χ0) is 27.3. The first-order chi connectivity index (χ1) is 16.3. The highest BCUT2D eigenvalue weighted by Gasteiger charge is 2.25. The first-order valence-electron chi connectivity index (χ1n) is 13.4. The van der Waals surface area contributed by atoms with E-state index in [-0.39, 0.29) is 21.7 Å². The van der Waals surface area contributed by atoms with Gasteiger partial charge in [-0.05, 0) is 71.7 Å². The highest BCUT2D eigenvalue weighted by atomic mass is 14.3. The first-order valence-corrected chi connectivity index (χ1v) is 13.4. The summed E-state index contributed by atoms with van der Waals surface area (Å²) < 4.78 is 0. The van der Waals surface area contributed by atoms with Crippen LogP contribution < -0.4 is 0 Å². The summed E-state index contributed by atoms with van der Waals surface area (Å²) in [6.45, 7) is 31.9. The maximum Gasteiger partial charge on any atom is -0.00328 e. The van der Waals surface area contributed by atoms with E-state index in [2.05, 4.69) is 144 Å². The summed E-state index contributed by atoms with van der Waals surface area (Å²) in [5, 5.41) is 0. The van der Waals surface area contributed by atoms with Gasteiger partial charge in [0, 0.05) is 0 Å². The summed E-state index contributed by atoms with van der Waals surface area (Å²) in [4.78, 5) is 0. The van der Waals surface area contributed by atoms with E-state index < -0.39 is 0 Å². The van der Waals surface area contributed by atoms with Gasteiger partial charge in [0.15, 0.2) is 0 Å². The molecule has 0 bridgehead atoms. The molecule has 0 aromatic heterocycles. The summed E-state index contributed by atoms with van der Waals surface area (Å²) in [6, 6.07) is 21.1. The fourth-order valence-corrected chi connectivity index (χ4v) is 4.59. The molecule has 3 aromatic rings. The van der Waals surface area contributed by atoms with Crippen LogP contribution >= 0.6 is 0 Å². The summed E-state index contributed by atoms with van der Waals surface area (Å²) in [5.41, 5.74) is 12.0. The molecule has 0 saturated heterocycles. The molecule has 36 heavy (non-hydrogen) atoms. The van der Waals surface area contributed by atoms with E-state index in [9.17, 15) is 0 Å². The minimum absolute atomic E-state index is 0.0604. The molecular weight excluding hydrogens is 432 g/mol. The van der Waals surface area contributed by atoms with Gasteiger partial charge < -0.3 is 0 Å². The Labute approximate surface area is 221 Å². The third-order valence-corrected chi connectivity index (χ3v) is 7.25. The second-order valence-corrected chi connectivity index (χ2v) is 14.6. The second kappa shape index (κ2) is 9.37. The van der Waals surface area contributed by atoms with Crippen molar-refractivity contribution < 1.29 is 0 Å². The molecule has 192 valence electrons. The standard InChI is InChI=1S/C36H48/c1-14-24-16-15-17-31(25-18-27(33(2,3)4)22-28(19-25)34(5,6)7)32(24)26-20-29(35(8,9)10)23-30(21-26)36(11,12)13/h14-23H,1H2,2-13H3. The van der Waals surface area contributed by atoms with E-state index in [1.54, 1.807) is 0 Å². The molecule has 3 aromatic carbocycles. The molecule has 0 atom stereocenters. The minimum atomic E-state index is 0.0604. The van der Waals surface area contributed by atoms with Crippen LogP contribution in [0, 0.1) is 0 Å². The Morgan fingerprint density at radius 3 is 1.19 bits per heavy atom. The number of rotatable bonds is 3. The molecule has 0 heteroatoms. The summed E-state index contributed by atoms with van der Waals surface area (Å²) in [5.74, 6) is 0. The summed E-state index contributed by atoms with van der Waals surface area (Å²) in [6.07, 6.45) is 2.01. The van der Waals surface area contributed by atoms with Crippen LogP contribution in [0.5, 0.6) is 0 Å². The Kier molecular flexibility index (Phi) is 7.28. The van der Waals surface area contributed by atoms with Crippen LogP contribution in [-0.2, 0) is 21.7 Å². The van der Waals surface area contributed by atoms with E-state index in [0.717, 1.165) is 0 Å². The number of hydrogen-bond donors (Lipinski definition) is 0. The van der Waals surface area contributed by atoms with Crippen LogP contribution in [0.15, 0.2) is 61.2 Å². The van der Waals surface area contributed by atoms with Gasteiger partial charge in [0.25, 0.3) is 0 Å². The van der Waals surface area contributed by atoms with Crippen LogP contribution in [0.1, 0.15) is 111 Å². The SMILES string of the molecule is C=Cc1cccc(-c2cc(C(C)(C)C)cc(C(C)(C)C)c2)c1-c1cc(C(C)(C)C)cc(C(C)(C)C)c1. The first kappa shape index (κ1) is 28.0. The van der Waals surface area contributed by atoms with Gasteiger partial charge in [0.1, 0.15) is 0 Å². The highest BCUT2D eigenvalue weighted by molar-refractivity contribution is 5.90. The van der Waals surface area contributed by atoms with E-state index >= 15 is 0 Å². The fraction of sp³-hybridized carbons (Fsp3) is 0.444. The maximum absolute atomic E-state index is 4.21. The van der Waals surface area contributed by atoms with Crippen molar-refractivity contribution in [2.75, 3.05) is 0 Å². The van der Waals surface area contributed by atoms with Crippen LogP contribution in [0.2, 0.25) is 0 Å². The fourth-order valence-electron chi connectivity index (χ4n) is 4.59. The van der Waals surface area contributed by atoms with Crippen LogP contribution in [0.4, 0.5) is 0 Å². The van der Waals surface area contributed by atoms with Crippen molar-refractivity contribution in [3.05, 3.63) is 89.0 Å². The molecule has 0 aliphatic carbocycles. The molecule has 0 saturated carbocycles. The largest absolute Gasteiger partial charge is 0.0984 e. The van der Waals surface area contributed by atoms with Crippen molar-refractivity contribution in [2.45, 2.75) is 105 Å². The Morgan fingerprint density at radius 1 is 0.500 bits per heavy atom. The van der Waals surface area contributed by atoms with Gasteiger partial charge in [-0.25, -0.2) is 0 Å². The van der Waals surface area contributed by atoms with Crippen molar-refractivity contribution in [3.8, 4) is 22.3 Å². The Morgan fingerprint density at radius 2 is 0.861 bits per heavy atom. The lowest BCUT2D eigenvalue weighted by atomic mass is 9.76. The lowest BCUT2D eigenvalue weighted by Crippen LogP contribution is -2.17. The van der Waals surface area contributed by atoms with Gasteiger partial charge >= 0.3 is 0 Å². The normalized spacial score (nSPS) is 13.1. The van der Waals surface area contributed by atoms with Gasteiger partial charge in [0.2, 0.25) is 0 Å². The molecule has 0 unspecified atom stereocenters. The Balaban J connectivity index is 2.45. The van der Waals surface area contributed by atoms with Crippen LogP contribution in [0.25, 0.3) is 28.3 Å². The highest BCUT2D eigenvalue weighted by Crippen LogP contribution is 2.42. The molecule has 0 aliphatic heterocycles. The van der Waals surface area contributed by atoms with Crippen molar-refractivity contribution in [3.63, 3.8) is 0 Å². The molecular formula is C36H48. The monoisotopic (exact) mass is 480 g/mol. The molecule has 0 nitrogen and oxygen atoms in total. The minimum Gasteiger partial charge on any atom is -0.0984 e. The average Bonchev–Trinajstić information content (AvgIpc) is 2.75. The van der Waals surface area contributed by atoms with Crippen LogP contribution in [0.3, 0.4) is 0 Å². The second-order valence-electron chi connectivity index (χ2n) is 14.6. The van der Waals surface area contributed by atoms with E-state index in [1.165, 1.54) is 50.1 Å². The molecule has 0 radical (unpaired) electrons. The Hall–Kier alpha value is -2.60. The maximum atomic E-state index is 4.21. The van der Waals surface area contributed by atoms with Gasteiger partial charge in [-0.1, -0.05) is 150 Å². The molecule has 0 heterocycles. The predicted octanol–water partition coefficient (Wildman–Crippen LogP) is 10.9. The van der Waals surface area contributed by atoms with Crippen molar-refractivity contribution in [1.29, 1.82) is 0 Å². The summed E-state index contributed by atoms with van der Waals surface area (Å²) >= 11 is 0. The zero-order valence-electron chi connectivity index (χ0n) is 25.0. The number of benzene rings is 3. The van der Waals surface area contributed by atoms with Gasteiger partial charge in [-0.2, -0.15) is 0 Å². The van der Waals surface area contributed by atoms with Crippen molar-refractivity contribution >= 4 is 6.08 Å². The molecule has 0 spiro atoms. The quantitative estimate of drug-likeness (QED) is 0.349. The third-order valence-electron chi connectivity index (χ3n) is 7.25. The molecule has 0 aliphatic rings. The smallest absolute Gasteiger partial charge is 0.00328 e. The van der Waals surface area contributed by atoms with E-state index in [0.29, 0.717) is 0 Å². The van der Waals surface area contributed by atoms with Gasteiger partial charge in [0.05, 0.1) is 0 Å². The third kappa shape index (κ3) is 6.03. The molecule has 0 fully saturated rings. The van der Waals surface area contributed by atoms with Crippen LogP contribution in [-0.4, -0.2) is 0 Å². The Bertz CT molecular complexity index is 1190.